The molecule has 2 rings (SSSR count). The van der Waals surface area contributed by atoms with Gasteiger partial charge < -0.3 is 16.8 Å². The van der Waals surface area contributed by atoms with Crippen molar-refractivity contribution in [1.82, 2.24) is 0 Å². The molecule has 0 saturated carbocycles. The third kappa shape index (κ3) is 4.78. The van der Waals surface area contributed by atoms with E-state index in [2.05, 4.69) is 5.32 Å². The van der Waals surface area contributed by atoms with E-state index in [0.717, 1.165) is 16.7 Å². The summed E-state index contributed by atoms with van der Waals surface area (Å²) in [5.41, 5.74) is 14.0. The summed E-state index contributed by atoms with van der Waals surface area (Å²) in [7, 11) is 0. The van der Waals surface area contributed by atoms with Crippen LogP contribution in [0, 0.1) is 13.8 Å². The molecule has 2 aromatic rings. The summed E-state index contributed by atoms with van der Waals surface area (Å²) in [6, 6.07) is 9.96. The highest BCUT2D eigenvalue weighted by Gasteiger charge is 2.10. The number of nitrogens with two attached hydrogens (primary N) is 2. The first-order valence-corrected chi connectivity index (χ1v) is 7.57. The topological polar surface area (TPSA) is 115 Å². The second kappa shape index (κ2) is 7.44. The predicted octanol–water partition coefficient (Wildman–Crippen LogP) is 2.15. The molecule has 0 unspecified atom stereocenters. The number of hydrogen-bond donors (Lipinski definition) is 3. The van der Waals surface area contributed by atoms with Crippen LogP contribution in [-0.2, 0) is 4.79 Å². The van der Waals surface area contributed by atoms with Crippen LogP contribution in [0.2, 0.25) is 0 Å². The number of rotatable bonds is 5. The molecular formula is C19H19N3O3. The first kappa shape index (κ1) is 17.9. The molecule has 0 spiro atoms. The zero-order chi connectivity index (χ0) is 18.6. The second-order valence-electron chi connectivity index (χ2n) is 5.71. The van der Waals surface area contributed by atoms with Gasteiger partial charge in [-0.15, -0.1) is 0 Å². The molecule has 0 saturated heterocycles. The summed E-state index contributed by atoms with van der Waals surface area (Å²) in [4.78, 5) is 34.8. The van der Waals surface area contributed by atoms with E-state index in [1.807, 2.05) is 32.0 Å². The zero-order valence-electron chi connectivity index (χ0n) is 14.0. The summed E-state index contributed by atoms with van der Waals surface area (Å²) in [6.07, 6.45) is 3.07. The lowest BCUT2D eigenvalue weighted by molar-refractivity contribution is -0.111. The maximum atomic E-state index is 12.1. The maximum absolute atomic E-state index is 12.1. The number of carbonyl (C=O) groups excluding carboxylic acids is 3. The highest BCUT2D eigenvalue weighted by atomic mass is 16.2. The van der Waals surface area contributed by atoms with Gasteiger partial charge in [-0.25, -0.2) is 0 Å². The Bertz CT molecular complexity index is 853. The smallest absolute Gasteiger partial charge is 0.248 e. The van der Waals surface area contributed by atoms with Crippen LogP contribution in [0.25, 0.3) is 6.08 Å². The first-order valence-electron chi connectivity index (χ1n) is 7.57. The third-order valence-electron chi connectivity index (χ3n) is 3.61. The Morgan fingerprint density at radius 1 is 0.920 bits per heavy atom. The average molecular weight is 337 g/mol. The zero-order valence-corrected chi connectivity index (χ0v) is 14.0. The summed E-state index contributed by atoms with van der Waals surface area (Å²) in [5, 5.41) is 2.59. The standard InChI is InChI=1S/C19H19N3O3/c1-11-3-4-13(12(2)7-11)5-6-17(23)22-16-9-14(18(20)24)8-15(10-16)19(21)25/h3-10H,1-2H3,(H2,20,24)(H2,21,25)(H,22,23). The predicted molar refractivity (Wildman–Crippen MR) is 97.1 cm³/mol. The van der Waals surface area contributed by atoms with Crippen LogP contribution < -0.4 is 16.8 Å². The molecular weight excluding hydrogens is 318 g/mol. The van der Waals surface area contributed by atoms with Crippen molar-refractivity contribution in [3.8, 4) is 0 Å². The molecule has 0 fully saturated rings. The SMILES string of the molecule is Cc1ccc(C=CC(=O)Nc2cc(C(N)=O)cc(C(N)=O)c2)c(C)c1. The van der Waals surface area contributed by atoms with Crippen LogP contribution in [0.5, 0.6) is 0 Å². The fourth-order valence-corrected chi connectivity index (χ4v) is 2.35. The van der Waals surface area contributed by atoms with Gasteiger partial charge in [-0.3, -0.25) is 14.4 Å². The van der Waals surface area contributed by atoms with Crippen molar-refractivity contribution in [2.24, 2.45) is 11.5 Å². The molecule has 3 amide bonds. The number of nitrogens with one attached hydrogen (secondary N) is 1. The molecule has 25 heavy (non-hydrogen) atoms. The number of primary amides is 2. The van der Waals surface area contributed by atoms with Gasteiger partial charge in [0, 0.05) is 22.9 Å². The van der Waals surface area contributed by atoms with E-state index in [-0.39, 0.29) is 16.8 Å². The monoisotopic (exact) mass is 337 g/mol. The summed E-state index contributed by atoms with van der Waals surface area (Å²) in [6.45, 7) is 3.95. The Morgan fingerprint density at radius 2 is 1.52 bits per heavy atom. The van der Waals surface area contributed by atoms with Crippen molar-refractivity contribution in [3.05, 3.63) is 70.3 Å². The molecule has 0 aliphatic rings. The molecule has 0 bridgehead atoms. The molecule has 128 valence electrons. The van der Waals surface area contributed by atoms with E-state index < -0.39 is 17.7 Å². The van der Waals surface area contributed by atoms with Gasteiger partial charge >= 0.3 is 0 Å². The van der Waals surface area contributed by atoms with Gasteiger partial charge in [0.2, 0.25) is 17.7 Å². The molecule has 0 aromatic heterocycles. The van der Waals surface area contributed by atoms with E-state index in [9.17, 15) is 14.4 Å². The molecule has 0 radical (unpaired) electrons. The second-order valence-corrected chi connectivity index (χ2v) is 5.71. The van der Waals surface area contributed by atoms with Crippen LogP contribution in [0.15, 0.2) is 42.5 Å². The number of amides is 3. The van der Waals surface area contributed by atoms with Crippen LogP contribution in [0.4, 0.5) is 5.69 Å². The van der Waals surface area contributed by atoms with E-state index in [1.165, 1.54) is 24.3 Å². The highest BCUT2D eigenvalue weighted by Crippen LogP contribution is 2.16. The van der Waals surface area contributed by atoms with Gasteiger partial charge in [0.25, 0.3) is 0 Å². The minimum Gasteiger partial charge on any atom is -0.366 e. The van der Waals surface area contributed by atoms with Crippen molar-refractivity contribution in [2.75, 3.05) is 5.32 Å². The van der Waals surface area contributed by atoms with Crippen molar-refractivity contribution in [3.63, 3.8) is 0 Å². The molecule has 6 nitrogen and oxygen atoms in total. The fourth-order valence-electron chi connectivity index (χ4n) is 2.35. The number of carbonyl (C=O) groups is 3. The van der Waals surface area contributed by atoms with Crippen LogP contribution in [0.3, 0.4) is 0 Å². The molecule has 0 aliphatic carbocycles. The van der Waals surface area contributed by atoms with Crippen molar-refractivity contribution in [1.29, 1.82) is 0 Å². The fraction of sp³-hybridized carbons (Fsp3) is 0.105. The third-order valence-corrected chi connectivity index (χ3v) is 3.61. The Kier molecular flexibility index (Phi) is 5.34. The molecule has 0 aliphatic heterocycles. The molecule has 5 N–H and O–H groups in total. The maximum Gasteiger partial charge on any atom is 0.248 e. The van der Waals surface area contributed by atoms with Crippen molar-refractivity contribution < 1.29 is 14.4 Å². The number of aryl methyl sites for hydroxylation is 2. The quantitative estimate of drug-likeness (QED) is 0.726. The normalized spacial score (nSPS) is 10.6. The van der Waals surface area contributed by atoms with E-state index >= 15 is 0 Å². The van der Waals surface area contributed by atoms with Crippen LogP contribution >= 0.6 is 0 Å². The van der Waals surface area contributed by atoms with Gasteiger partial charge in [-0.05, 0) is 49.2 Å². The Labute approximate surface area is 145 Å². The van der Waals surface area contributed by atoms with Gasteiger partial charge in [0.05, 0.1) is 0 Å². The van der Waals surface area contributed by atoms with Crippen molar-refractivity contribution >= 4 is 29.5 Å². The molecule has 0 heterocycles. The number of benzene rings is 2. The first-order chi connectivity index (χ1) is 11.8. The van der Waals surface area contributed by atoms with Gasteiger partial charge in [0.15, 0.2) is 0 Å². The lowest BCUT2D eigenvalue weighted by Crippen LogP contribution is -2.17. The molecule has 0 atom stereocenters. The Morgan fingerprint density at radius 3 is 2.04 bits per heavy atom. The van der Waals surface area contributed by atoms with E-state index in [4.69, 9.17) is 11.5 Å². The molecule has 2 aromatic carbocycles. The summed E-state index contributed by atoms with van der Waals surface area (Å²) < 4.78 is 0. The van der Waals surface area contributed by atoms with E-state index in [1.54, 1.807) is 6.08 Å². The summed E-state index contributed by atoms with van der Waals surface area (Å²) >= 11 is 0. The van der Waals surface area contributed by atoms with Gasteiger partial charge in [-0.1, -0.05) is 23.8 Å². The van der Waals surface area contributed by atoms with E-state index in [0.29, 0.717) is 0 Å². The summed E-state index contributed by atoms with van der Waals surface area (Å²) in [5.74, 6) is -1.84. The van der Waals surface area contributed by atoms with Gasteiger partial charge in [-0.2, -0.15) is 0 Å². The van der Waals surface area contributed by atoms with Crippen LogP contribution in [0.1, 0.15) is 37.4 Å². The van der Waals surface area contributed by atoms with Gasteiger partial charge in [0.1, 0.15) is 0 Å². The largest absolute Gasteiger partial charge is 0.366 e. The minimum absolute atomic E-state index is 0.0879. The lowest BCUT2D eigenvalue weighted by Gasteiger charge is -2.07. The Hall–Kier alpha value is -3.41. The highest BCUT2D eigenvalue weighted by molar-refractivity contribution is 6.05. The lowest BCUT2D eigenvalue weighted by atomic mass is 10.1. The van der Waals surface area contributed by atoms with Crippen LogP contribution in [-0.4, -0.2) is 17.7 Å². The van der Waals surface area contributed by atoms with Crippen molar-refractivity contribution in [2.45, 2.75) is 13.8 Å². The number of hydrogen-bond acceptors (Lipinski definition) is 3. The average Bonchev–Trinajstić information content (AvgIpc) is 2.53. The molecule has 6 heteroatoms. The number of anilines is 1. The Balaban J connectivity index is 2.21. The minimum atomic E-state index is -0.718.